The third-order valence-corrected chi connectivity index (χ3v) is 3.64. The SMILES string of the molecule is CCCOc1cncc(N(CC)CC2CCCNC2)n1. The molecule has 1 aliphatic rings. The largest absolute Gasteiger partial charge is 0.477 e. The molecule has 1 atom stereocenters. The quantitative estimate of drug-likeness (QED) is 0.827. The first-order valence-electron chi connectivity index (χ1n) is 7.74. The van der Waals surface area contributed by atoms with Crippen LogP contribution >= 0.6 is 0 Å². The highest BCUT2D eigenvalue weighted by molar-refractivity contribution is 5.37. The minimum absolute atomic E-state index is 0.629. The van der Waals surface area contributed by atoms with Crippen molar-refractivity contribution in [2.75, 3.05) is 37.7 Å². The van der Waals surface area contributed by atoms with E-state index in [2.05, 4.69) is 34.0 Å². The number of hydrogen-bond acceptors (Lipinski definition) is 5. The van der Waals surface area contributed by atoms with Gasteiger partial charge in [-0.2, -0.15) is 4.98 Å². The molecule has 5 heteroatoms. The van der Waals surface area contributed by atoms with Crippen molar-refractivity contribution in [2.24, 2.45) is 5.92 Å². The Morgan fingerprint density at radius 1 is 1.40 bits per heavy atom. The van der Waals surface area contributed by atoms with Gasteiger partial charge in [0.15, 0.2) is 5.82 Å². The van der Waals surface area contributed by atoms with Crippen LogP contribution in [0.15, 0.2) is 12.4 Å². The maximum Gasteiger partial charge on any atom is 0.234 e. The van der Waals surface area contributed by atoms with Crippen LogP contribution in [0.3, 0.4) is 0 Å². The van der Waals surface area contributed by atoms with Gasteiger partial charge in [0, 0.05) is 13.1 Å². The fraction of sp³-hybridized carbons (Fsp3) is 0.733. The van der Waals surface area contributed by atoms with Gasteiger partial charge in [-0.1, -0.05) is 6.92 Å². The Hall–Kier alpha value is -1.36. The van der Waals surface area contributed by atoms with Gasteiger partial charge in [-0.25, -0.2) is 0 Å². The maximum absolute atomic E-state index is 5.57. The topological polar surface area (TPSA) is 50.3 Å². The van der Waals surface area contributed by atoms with E-state index in [0.29, 0.717) is 18.4 Å². The third-order valence-electron chi connectivity index (χ3n) is 3.64. The monoisotopic (exact) mass is 278 g/mol. The van der Waals surface area contributed by atoms with Gasteiger partial charge in [0.2, 0.25) is 5.88 Å². The normalized spacial score (nSPS) is 18.8. The Balaban J connectivity index is 1.98. The van der Waals surface area contributed by atoms with E-state index < -0.39 is 0 Å². The van der Waals surface area contributed by atoms with Gasteiger partial charge in [0.05, 0.1) is 19.0 Å². The molecule has 1 N–H and O–H groups in total. The molecule has 5 nitrogen and oxygen atoms in total. The summed E-state index contributed by atoms with van der Waals surface area (Å²) in [6, 6.07) is 0. The van der Waals surface area contributed by atoms with Crippen LogP contribution in [0, 0.1) is 5.92 Å². The molecule has 0 aliphatic carbocycles. The fourth-order valence-corrected chi connectivity index (χ4v) is 2.54. The number of aromatic nitrogens is 2. The molecule has 0 amide bonds. The molecular formula is C15H26N4O. The maximum atomic E-state index is 5.57. The fourth-order valence-electron chi connectivity index (χ4n) is 2.54. The van der Waals surface area contributed by atoms with Gasteiger partial charge >= 0.3 is 0 Å². The molecule has 2 heterocycles. The number of ether oxygens (including phenoxy) is 1. The van der Waals surface area contributed by atoms with E-state index in [1.807, 2.05) is 6.20 Å². The number of hydrogen-bond donors (Lipinski definition) is 1. The van der Waals surface area contributed by atoms with Crippen molar-refractivity contribution in [1.82, 2.24) is 15.3 Å². The summed E-state index contributed by atoms with van der Waals surface area (Å²) < 4.78 is 5.57. The van der Waals surface area contributed by atoms with Gasteiger partial charge in [-0.15, -0.1) is 0 Å². The molecule has 1 aliphatic heterocycles. The predicted molar refractivity (Wildman–Crippen MR) is 81.3 cm³/mol. The zero-order valence-corrected chi connectivity index (χ0v) is 12.6. The van der Waals surface area contributed by atoms with Crippen molar-refractivity contribution in [2.45, 2.75) is 33.1 Å². The van der Waals surface area contributed by atoms with Crippen molar-refractivity contribution >= 4 is 5.82 Å². The molecule has 0 aromatic carbocycles. The summed E-state index contributed by atoms with van der Waals surface area (Å²) >= 11 is 0. The molecule has 2 rings (SSSR count). The zero-order valence-electron chi connectivity index (χ0n) is 12.6. The molecule has 1 saturated heterocycles. The summed E-state index contributed by atoms with van der Waals surface area (Å²) in [5.74, 6) is 2.25. The summed E-state index contributed by atoms with van der Waals surface area (Å²) in [6.45, 7) is 9.19. The standard InChI is InChI=1S/C15H26N4O/c1-3-8-20-15-11-17-10-14(18-15)19(4-2)12-13-6-5-7-16-9-13/h10-11,13,16H,3-9,12H2,1-2H3. The van der Waals surface area contributed by atoms with Gasteiger partial charge in [-0.05, 0) is 45.2 Å². The molecule has 1 fully saturated rings. The Kier molecular flexibility index (Phi) is 6.05. The number of anilines is 1. The summed E-state index contributed by atoms with van der Waals surface area (Å²) in [6.07, 6.45) is 7.07. The minimum atomic E-state index is 0.629. The lowest BCUT2D eigenvalue weighted by molar-refractivity contribution is 0.303. The molecule has 0 spiro atoms. The number of piperidine rings is 1. The van der Waals surface area contributed by atoms with E-state index in [1.54, 1.807) is 6.20 Å². The van der Waals surface area contributed by atoms with E-state index in [-0.39, 0.29) is 0 Å². The summed E-state index contributed by atoms with van der Waals surface area (Å²) in [4.78, 5) is 11.1. The first-order chi connectivity index (χ1) is 9.83. The predicted octanol–water partition coefficient (Wildman–Crippen LogP) is 2.09. The second-order valence-corrected chi connectivity index (χ2v) is 5.31. The van der Waals surface area contributed by atoms with Crippen molar-refractivity contribution in [1.29, 1.82) is 0 Å². The van der Waals surface area contributed by atoms with Crippen LogP contribution in [0.25, 0.3) is 0 Å². The molecular weight excluding hydrogens is 252 g/mol. The van der Waals surface area contributed by atoms with E-state index >= 15 is 0 Å². The van der Waals surface area contributed by atoms with E-state index in [1.165, 1.54) is 12.8 Å². The van der Waals surface area contributed by atoms with Gasteiger partial charge in [0.25, 0.3) is 0 Å². The Morgan fingerprint density at radius 2 is 2.30 bits per heavy atom. The smallest absolute Gasteiger partial charge is 0.234 e. The van der Waals surface area contributed by atoms with Crippen LogP contribution in [0.5, 0.6) is 5.88 Å². The molecule has 0 radical (unpaired) electrons. The highest BCUT2D eigenvalue weighted by Gasteiger charge is 2.17. The van der Waals surface area contributed by atoms with Crippen LogP contribution in [-0.2, 0) is 0 Å². The molecule has 1 unspecified atom stereocenters. The van der Waals surface area contributed by atoms with Crippen LogP contribution in [0.4, 0.5) is 5.82 Å². The number of nitrogens with one attached hydrogen (secondary N) is 1. The lowest BCUT2D eigenvalue weighted by Gasteiger charge is -2.30. The Morgan fingerprint density at radius 3 is 3.00 bits per heavy atom. The van der Waals surface area contributed by atoms with Crippen LogP contribution < -0.4 is 15.0 Å². The molecule has 20 heavy (non-hydrogen) atoms. The van der Waals surface area contributed by atoms with Crippen molar-refractivity contribution in [3.8, 4) is 5.88 Å². The average Bonchev–Trinajstić information content (AvgIpc) is 2.52. The van der Waals surface area contributed by atoms with Crippen LogP contribution in [0.2, 0.25) is 0 Å². The summed E-state index contributed by atoms with van der Waals surface area (Å²) in [7, 11) is 0. The average molecular weight is 278 g/mol. The van der Waals surface area contributed by atoms with E-state index in [4.69, 9.17) is 4.74 Å². The van der Waals surface area contributed by atoms with Crippen LogP contribution in [0.1, 0.15) is 33.1 Å². The minimum Gasteiger partial charge on any atom is -0.477 e. The zero-order chi connectivity index (χ0) is 14.2. The molecule has 0 saturated carbocycles. The van der Waals surface area contributed by atoms with Gasteiger partial charge < -0.3 is 15.0 Å². The van der Waals surface area contributed by atoms with E-state index in [9.17, 15) is 0 Å². The lowest BCUT2D eigenvalue weighted by Crippen LogP contribution is -2.38. The lowest BCUT2D eigenvalue weighted by atomic mass is 9.99. The summed E-state index contributed by atoms with van der Waals surface area (Å²) in [5, 5.41) is 3.47. The highest BCUT2D eigenvalue weighted by atomic mass is 16.5. The molecule has 1 aromatic rings. The van der Waals surface area contributed by atoms with Crippen molar-refractivity contribution < 1.29 is 4.74 Å². The second-order valence-electron chi connectivity index (χ2n) is 5.31. The van der Waals surface area contributed by atoms with Gasteiger partial charge in [-0.3, -0.25) is 4.98 Å². The first-order valence-corrected chi connectivity index (χ1v) is 7.74. The first kappa shape index (κ1) is 15.0. The van der Waals surface area contributed by atoms with Crippen molar-refractivity contribution in [3.05, 3.63) is 12.4 Å². The molecule has 0 bridgehead atoms. The Labute approximate surface area is 121 Å². The molecule has 112 valence electrons. The molecule has 1 aromatic heterocycles. The second kappa shape index (κ2) is 8.04. The van der Waals surface area contributed by atoms with E-state index in [0.717, 1.165) is 38.4 Å². The highest BCUT2D eigenvalue weighted by Crippen LogP contribution is 2.18. The van der Waals surface area contributed by atoms with Crippen LogP contribution in [-0.4, -0.2) is 42.8 Å². The number of nitrogens with zero attached hydrogens (tertiary/aromatic N) is 3. The third kappa shape index (κ3) is 4.34. The van der Waals surface area contributed by atoms with Crippen molar-refractivity contribution in [3.63, 3.8) is 0 Å². The Bertz CT molecular complexity index is 393. The summed E-state index contributed by atoms with van der Waals surface area (Å²) in [5.41, 5.74) is 0. The number of rotatable bonds is 7. The van der Waals surface area contributed by atoms with Gasteiger partial charge in [0.1, 0.15) is 0 Å².